The van der Waals surface area contributed by atoms with Crippen LogP contribution in [0.2, 0.25) is 0 Å². The third-order valence-corrected chi connectivity index (χ3v) is 5.43. The molecule has 0 bridgehead atoms. The van der Waals surface area contributed by atoms with Crippen LogP contribution in [-0.2, 0) is 14.8 Å². The van der Waals surface area contributed by atoms with Gasteiger partial charge in [0.15, 0.2) is 0 Å². The summed E-state index contributed by atoms with van der Waals surface area (Å²) in [6.45, 7) is 1.15. The van der Waals surface area contributed by atoms with Crippen LogP contribution in [0.25, 0.3) is 0 Å². The van der Waals surface area contributed by atoms with Crippen molar-refractivity contribution in [1.29, 1.82) is 0 Å². The number of ether oxygens (including phenoxy) is 1. The molecule has 0 atom stereocenters. The molecule has 6 heteroatoms. The first kappa shape index (κ1) is 11.4. The molecule has 0 aromatic heterocycles. The van der Waals surface area contributed by atoms with Crippen molar-refractivity contribution < 1.29 is 13.2 Å². The van der Waals surface area contributed by atoms with Crippen LogP contribution < -0.4 is 0 Å². The zero-order valence-electron chi connectivity index (χ0n) is 7.57. The molecule has 1 aliphatic rings. The number of piperidine rings is 1. The van der Waals surface area contributed by atoms with Crippen LogP contribution in [0.1, 0.15) is 12.8 Å². The van der Waals surface area contributed by atoms with E-state index in [2.05, 4.69) is 15.9 Å². The number of rotatable bonds is 3. The van der Waals surface area contributed by atoms with Gasteiger partial charge in [-0.05, 0) is 12.8 Å². The summed E-state index contributed by atoms with van der Waals surface area (Å²) in [5.74, 6) is 0. The van der Waals surface area contributed by atoms with Crippen LogP contribution in [0.4, 0.5) is 0 Å². The van der Waals surface area contributed by atoms with Crippen LogP contribution in [0, 0.1) is 0 Å². The smallest absolute Gasteiger partial charge is 0.224 e. The van der Waals surface area contributed by atoms with E-state index in [0.29, 0.717) is 13.1 Å². The van der Waals surface area contributed by atoms with Gasteiger partial charge in [-0.25, -0.2) is 12.7 Å². The Balaban J connectivity index is 2.50. The van der Waals surface area contributed by atoms with Gasteiger partial charge in [-0.15, -0.1) is 0 Å². The fraction of sp³-hybridized carbons (Fsp3) is 1.00. The molecule has 0 aromatic carbocycles. The first-order valence-electron chi connectivity index (χ1n) is 4.16. The molecule has 13 heavy (non-hydrogen) atoms. The maximum atomic E-state index is 11.4. The van der Waals surface area contributed by atoms with Gasteiger partial charge in [-0.3, -0.25) is 0 Å². The lowest BCUT2D eigenvalue weighted by molar-refractivity contribution is 0.0605. The van der Waals surface area contributed by atoms with Gasteiger partial charge in [-0.2, -0.15) is 0 Å². The Morgan fingerprint density at radius 2 is 2.00 bits per heavy atom. The van der Waals surface area contributed by atoms with Crippen LogP contribution in [-0.4, -0.2) is 43.7 Å². The van der Waals surface area contributed by atoms with Crippen LogP contribution >= 0.6 is 15.9 Å². The molecule has 0 radical (unpaired) electrons. The molecular formula is C7H14BrNO3S. The summed E-state index contributed by atoms with van der Waals surface area (Å²) in [5.41, 5.74) is 0. The molecule has 1 aliphatic heterocycles. The minimum absolute atomic E-state index is 0.0116. The van der Waals surface area contributed by atoms with E-state index in [0.717, 1.165) is 12.8 Å². The fourth-order valence-electron chi connectivity index (χ4n) is 1.41. The van der Waals surface area contributed by atoms with Crippen molar-refractivity contribution in [2.75, 3.05) is 24.9 Å². The van der Waals surface area contributed by atoms with Crippen molar-refractivity contribution in [2.45, 2.75) is 18.9 Å². The Bertz CT molecular complexity index is 246. The third kappa shape index (κ3) is 2.90. The molecule has 0 amide bonds. The first-order valence-corrected chi connectivity index (χ1v) is 6.90. The van der Waals surface area contributed by atoms with E-state index in [1.54, 1.807) is 7.11 Å². The molecule has 0 aliphatic carbocycles. The predicted octanol–water partition coefficient (Wildman–Crippen LogP) is 0.779. The Morgan fingerprint density at radius 1 is 1.46 bits per heavy atom. The molecule has 0 spiro atoms. The van der Waals surface area contributed by atoms with E-state index in [4.69, 9.17) is 4.74 Å². The molecule has 0 aromatic rings. The van der Waals surface area contributed by atoms with Crippen LogP contribution in [0.5, 0.6) is 0 Å². The van der Waals surface area contributed by atoms with Crippen molar-refractivity contribution in [3.8, 4) is 0 Å². The minimum Gasteiger partial charge on any atom is -0.381 e. The van der Waals surface area contributed by atoms with E-state index in [9.17, 15) is 8.42 Å². The Morgan fingerprint density at radius 3 is 2.38 bits per heavy atom. The van der Waals surface area contributed by atoms with E-state index in [1.165, 1.54) is 4.31 Å². The number of methoxy groups -OCH3 is 1. The highest BCUT2D eigenvalue weighted by atomic mass is 79.9. The van der Waals surface area contributed by atoms with Gasteiger partial charge in [0.2, 0.25) is 10.0 Å². The normalized spacial score (nSPS) is 22.0. The second kappa shape index (κ2) is 4.72. The lowest BCUT2D eigenvalue weighted by Gasteiger charge is -2.29. The standard InChI is InChI=1S/C7H14BrNO3S/c1-12-7-2-4-9(5-3-7)13(10,11)6-8/h7H,2-6H2,1H3. The van der Waals surface area contributed by atoms with Crippen molar-refractivity contribution in [3.63, 3.8) is 0 Å². The summed E-state index contributed by atoms with van der Waals surface area (Å²) in [7, 11) is -1.39. The molecule has 0 N–H and O–H groups in total. The van der Waals surface area contributed by atoms with Gasteiger partial charge < -0.3 is 4.74 Å². The Kier molecular flexibility index (Phi) is 4.15. The summed E-state index contributed by atoms with van der Waals surface area (Å²) in [6, 6.07) is 0. The second-order valence-electron chi connectivity index (χ2n) is 3.06. The van der Waals surface area contributed by atoms with E-state index >= 15 is 0 Å². The van der Waals surface area contributed by atoms with Crippen molar-refractivity contribution in [1.82, 2.24) is 4.31 Å². The van der Waals surface area contributed by atoms with Gasteiger partial charge in [0, 0.05) is 20.2 Å². The summed E-state index contributed by atoms with van der Waals surface area (Å²) in [6.07, 6.45) is 1.81. The van der Waals surface area contributed by atoms with Gasteiger partial charge in [0.1, 0.15) is 4.66 Å². The van der Waals surface area contributed by atoms with Gasteiger partial charge >= 0.3 is 0 Å². The predicted molar refractivity (Wildman–Crippen MR) is 54.3 cm³/mol. The average molecular weight is 272 g/mol. The fourth-order valence-corrected chi connectivity index (χ4v) is 3.19. The maximum Gasteiger partial charge on any atom is 0.224 e. The Hall–Kier alpha value is 0.350. The summed E-state index contributed by atoms with van der Waals surface area (Å²) in [4.78, 5) is 0. The van der Waals surface area contributed by atoms with Gasteiger partial charge in [0.25, 0.3) is 0 Å². The molecule has 1 rings (SSSR count). The summed E-state index contributed by atoms with van der Waals surface area (Å²) in [5, 5.41) is 0. The van der Waals surface area contributed by atoms with Gasteiger partial charge in [-0.1, -0.05) is 15.9 Å². The summed E-state index contributed by atoms with van der Waals surface area (Å²) < 4.78 is 29.5. The lowest BCUT2D eigenvalue weighted by Crippen LogP contribution is -2.40. The molecule has 78 valence electrons. The number of sulfonamides is 1. The molecule has 4 nitrogen and oxygen atoms in total. The van der Waals surface area contributed by atoms with E-state index in [1.807, 2.05) is 0 Å². The zero-order valence-corrected chi connectivity index (χ0v) is 9.97. The van der Waals surface area contributed by atoms with E-state index < -0.39 is 10.0 Å². The van der Waals surface area contributed by atoms with Crippen LogP contribution in [0.3, 0.4) is 0 Å². The molecule has 1 fully saturated rings. The second-order valence-corrected chi connectivity index (χ2v) is 6.33. The van der Waals surface area contributed by atoms with Crippen molar-refractivity contribution in [2.24, 2.45) is 0 Å². The van der Waals surface area contributed by atoms with Crippen LogP contribution in [0.15, 0.2) is 0 Å². The lowest BCUT2D eigenvalue weighted by atomic mass is 10.1. The number of halogens is 1. The first-order chi connectivity index (χ1) is 6.10. The monoisotopic (exact) mass is 271 g/mol. The zero-order chi connectivity index (χ0) is 9.90. The SMILES string of the molecule is COC1CCN(S(=O)(=O)CBr)CC1. The molecule has 1 saturated heterocycles. The Labute approximate surface area is 87.4 Å². The molecular weight excluding hydrogens is 258 g/mol. The third-order valence-electron chi connectivity index (χ3n) is 2.27. The largest absolute Gasteiger partial charge is 0.381 e. The highest BCUT2D eigenvalue weighted by molar-refractivity contribution is 9.10. The van der Waals surface area contributed by atoms with E-state index in [-0.39, 0.29) is 10.8 Å². The number of hydrogen-bond donors (Lipinski definition) is 0. The minimum atomic E-state index is -3.06. The summed E-state index contributed by atoms with van der Waals surface area (Å²) >= 11 is 2.98. The average Bonchev–Trinajstić information content (AvgIpc) is 2.18. The topological polar surface area (TPSA) is 46.6 Å². The quantitative estimate of drug-likeness (QED) is 0.713. The highest BCUT2D eigenvalue weighted by Gasteiger charge is 2.26. The van der Waals surface area contributed by atoms with Crippen molar-refractivity contribution in [3.05, 3.63) is 0 Å². The highest BCUT2D eigenvalue weighted by Crippen LogP contribution is 2.16. The number of alkyl halides is 1. The number of hydrogen-bond acceptors (Lipinski definition) is 3. The number of nitrogens with zero attached hydrogens (tertiary/aromatic N) is 1. The maximum absolute atomic E-state index is 11.4. The molecule has 0 unspecified atom stereocenters. The van der Waals surface area contributed by atoms with Crippen molar-refractivity contribution >= 4 is 26.0 Å². The molecule has 0 saturated carbocycles. The molecule has 1 heterocycles. The van der Waals surface area contributed by atoms with Gasteiger partial charge in [0.05, 0.1) is 6.10 Å².